The van der Waals surface area contributed by atoms with Crippen LogP contribution in [0.5, 0.6) is 0 Å². The molecule has 0 aliphatic heterocycles. The van der Waals surface area contributed by atoms with Crippen LogP contribution in [0, 0.1) is 5.92 Å². The van der Waals surface area contributed by atoms with E-state index in [-0.39, 0.29) is 0 Å². The van der Waals surface area contributed by atoms with Gasteiger partial charge in [-0.05, 0) is 31.9 Å². The Bertz CT molecular complexity index is 244. The van der Waals surface area contributed by atoms with Crippen molar-refractivity contribution in [3.05, 3.63) is 0 Å². The summed E-state index contributed by atoms with van der Waals surface area (Å²) >= 11 is 0. The average Bonchev–Trinajstić information content (AvgIpc) is 2.52. The summed E-state index contributed by atoms with van der Waals surface area (Å²) in [4.78, 5) is 0. The minimum absolute atomic E-state index is 0.766. The molecule has 0 bridgehead atoms. The Morgan fingerprint density at radius 2 is 1.17 bits per heavy atom. The van der Waals surface area contributed by atoms with Gasteiger partial charge in [0.2, 0.25) is 0 Å². The molecule has 1 unspecified atom stereocenters. The van der Waals surface area contributed by atoms with Gasteiger partial charge in [0.25, 0.3) is 0 Å². The predicted molar refractivity (Wildman–Crippen MR) is 105 cm³/mol. The molecule has 0 saturated heterocycles. The molecule has 2 nitrogen and oxygen atoms in total. The zero-order valence-electron chi connectivity index (χ0n) is 16.8. The lowest BCUT2D eigenvalue weighted by molar-refractivity contribution is 0.166. The van der Waals surface area contributed by atoms with E-state index in [4.69, 9.17) is 8.85 Å². The Kier molecular flexibility index (Phi) is 15.7. The molecule has 0 radical (unpaired) electrons. The average molecular weight is 345 g/mol. The summed E-state index contributed by atoms with van der Waals surface area (Å²) in [6.45, 7) is 12.9. The van der Waals surface area contributed by atoms with Gasteiger partial charge in [-0.1, -0.05) is 85.0 Å². The van der Waals surface area contributed by atoms with Gasteiger partial charge in [-0.3, -0.25) is 0 Å². The van der Waals surface area contributed by atoms with Gasteiger partial charge in [0.15, 0.2) is 0 Å². The zero-order chi connectivity index (χ0) is 17.4. The Morgan fingerprint density at radius 1 is 0.696 bits per heavy atom. The fourth-order valence-electron chi connectivity index (χ4n) is 2.66. The molecule has 0 rings (SSSR count). The van der Waals surface area contributed by atoms with Gasteiger partial charge in [-0.25, -0.2) is 0 Å². The summed E-state index contributed by atoms with van der Waals surface area (Å²) in [5, 5.41) is 0. The first kappa shape index (κ1) is 23.1. The van der Waals surface area contributed by atoms with Crippen LogP contribution in [0.2, 0.25) is 13.1 Å². The van der Waals surface area contributed by atoms with E-state index in [0.29, 0.717) is 0 Å². The molecule has 0 aliphatic carbocycles. The third-order valence-corrected chi connectivity index (χ3v) is 6.50. The maximum atomic E-state index is 6.03. The fraction of sp³-hybridized carbons (Fsp3) is 1.00. The van der Waals surface area contributed by atoms with E-state index in [1.165, 1.54) is 70.6 Å². The summed E-state index contributed by atoms with van der Waals surface area (Å²) in [6, 6.07) is 0. The third-order valence-electron chi connectivity index (χ3n) is 4.70. The smallest absolute Gasteiger partial charge is 0.331 e. The molecule has 0 amide bonds. The maximum absolute atomic E-state index is 6.03. The Labute approximate surface area is 148 Å². The van der Waals surface area contributed by atoms with Crippen LogP contribution >= 0.6 is 0 Å². The summed E-state index contributed by atoms with van der Waals surface area (Å²) in [5.41, 5.74) is 0. The minimum atomic E-state index is -1.88. The van der Waals surface area contributed by atoms with Crippen molar-refractivity contribution >= 4 is 8.56 Å². The van der Waals surface area contributed by atoms with E-state index in [9.17, 15) is 0 Å². The van der Waals surface area contributed by atoms with Crippen molar-refractivity contribution in [2.24, 2.45) is 5.92 Å². The third kappa shape index (κ3) is 16.8. The zero-order valence-corrected chi connectivity index (χ0v) is 17.8. The monoisotopic (exact) mass is 344 g/mol. The van der Waals surface area contributed by atoms with E-state index in [2.05, 4.69) is 33.9 Å². The molecule has 0 aliphatic rings. The van der Waals surface area contributed by atoms with Crippen LogP contribution in [0.3, 0.4) is 0 Å². The molecule has 0 spiro atoms. The predicted octanol–water partition coefficient (Wildman–Crippen LogP) is 7.08. The number of rotatable bonds is 17. The first-order valence-corrected chi connectivity index (χ1v) is 13.1. The highest BCUT2D eigenvalue weighted by Crippen LogP contribution is 2.14. The maximum Gasteiger partial charge on any atom is 0.331 e. The van der Waals surface area contributed by atoms with E-state index in [1.54, 1.807) is 0 Å². The molecular formula is C20H44O2Si. The van der Waals surface area contributed by atoms with Crippen molar-refractivity contribution in [1.29, 1.82) is 0 Å². The Hall–Kier alpha value is 0.137. The highest BCUT2D eigenvalue weighted by atomic mass is 28.4. The SMILES string of the molecule is CCCCCCCCCCCCO[Si](C)(C)OCCC(C)CC. The van der Waals surface area contributed by atoms with Gasteiger partial charge < -0.3 is 8.85 Å². The molecule has 140 valence electrons. The van der Waals surface area contributed by atoms with Crippen molar-refractivity contribution < 1.29 is 8.85 Å². The van der Waals surface area contributed by atoms with Gasteiger partial charge >= 0.3 is 8.56 Å². The standard InChI is InChI=1S/C20H44O2Si/c1-6-8-9-10-11-12-13-14-15-16-18-21-23(4,5)22-19-17-20(3)7-2/h20H,6-19H2,1-5H3. The van der Waals surface area contributed by atoms with Crippen molar-refractivity contribution in [2.45, 2.75) is 111 Å². The van der Waals surface area contributed by atoms with Crippen LogP contribution in [0.15, 0.2) is 0 Å². The van der Waals surface area contributed by atoms with E-state index in [1.807, 2.05) is 0 Å². The fourth-order valence-corrected chi connectivity index (χ4v) is 3.99. The lowest BCUT2D eigenvalue weighted by Gasteiger charge is -2.23. The lowest BCUT2D eigenvalue weighted by atomic mass is 10.1. The second-order valence-corrected chi connectivity index (χ2v) is 11.0. The first-order chi connectivity index (χ1) is 11.0. The second kappa shape index (κ2) is 15.7. The molecule has 3 heteroatoms. The largest absolute Gasteiger partial charge is 0.395 e. The summed E-state index contributed by atoms with van der Waals surface area (Å²) < 4.78 is 12.0. The van der Waals surface area contributed by atoms with Crippen LogP contribution in [-0.4, -0.2) is 21.8 Å². The molecule has 0 aromatic heterocycles. The second-order valence-electron chi connectivity index (χ2n) is 7.58. The van der Waals surface area contributed by atoms with Crippen LogP contribution in [-0.2, 0) is 8.85 Å². The molecular weight excluding hydrogens is 300 g/mol. The van der Waals surface area contributed by atoms with E-state index in [0.717, 1.165) is 25.6 Å². The van der Waals surface area contributed by atoms with Gasteiger partial charge in [0.1, 0.15) is 0 Å². The number of unbranched alkanes of at least 4 members (excludes halogenated alkanes) is 9. The topological polar surface area (TPSA) is 18.5 Å². The van der Waals surface area contributed by atoms with Gasteiger partial charge in [0.05, 0.1) is 0 Å². The molecule has 0 heterocycles. The highest BCUT2D eigenvalue weighted by molar-refractivity contribution is 6.64. The summed E-state index contributed by atoms with van der Waals surface area (Å²) in [6.07, 6.45) is 16.2. The highest BCUT2D eigenvalue weighted by Gasteiger charge is 2.24. The molecule has 0 fully saturated rings. The van der Waals surface area contributed by atoms with E-state index >= 15 is 0 Å². The lowest BCUT2D eigenvalue weighted by Crippen LogP contribution is -2.35. The molecule has 0 aromatic rings. The minimum Gasteiger partial charge on any atom is -0.395 e. The van der Waals surface area contributed by atoms with Gasteiger partial charge in [-0.2, -0.15) is 0 Å². The number of hydrogen-bond donors (Lipinski definition) is 0. The van der Waals surface area contributed by atoms with Crippen LogP contribution < -0.4 is 0 Å². The summed E-state index contributed by atoms with van der Waals surface area (Å²) in [7, 11) is -1.88. The molecule has 1 atom stereocenters. The Morgan fingerprint density at radius 3 is 1.70 bits per heavy atom. The van der Waals surface area contributed by atoms with Gasteiger partial charge in [0, 0.05) is 13.2 Å². The molecule has 23 heavy (non-hydrogen) atoms. The van der Waals surface area contributed by atoms with Crippen molar-refractivity contribution in [1.82, 2.24) is 0 Å². The number of hydrogen-bond acceptors (Lipinski definition) is 2. The quantitative estimate of drug-likeness (QED) is 0.207. The first-order valence-electron chi connectivity index (χ1n) is 10.3. The van der Waals surface area contributed by atoms with Crippen LogP contribution in [0.1, 0.15) is 97.8 Å². The normalized spacial score (nSPS) is 13.4. The van der Waals surface area contributed by atoms with Crippen molar-refractivity contribution in [3.8, 4) is 0 Å². The van der Waals surface area contributed by atoms with Gasteiger partial charge in [-0.15, -0.1) is 0 Å². The van der Waals surface area contributed by atoms with Crippen LogP contribution in [0.4, 0.5) is 0 Å². The van der Waals surface area contributed by atoms with Crippen molar-refractivity contribution in [3.63, 3.8) is 0 Å². The van der Waals surface area contributed by atoms with Crippen LogP contribution in [0.25, 0.3) is 0 Å². The van der Waals surface area contributed by atoms with E-state index < -0.39 is 8.56 Å². The summed E-state index contributed by atoms with van der Waals surface area (Å²) in [5.74, 6) is 0.766. The van der Waals surface area contributed by atoms with Crippen molar-refractivity contribution in [2.75, 3.05) is 13.2 Å². The molecule has 0 N–H and O–H groups in total. The molecule has 0 aromatic carbocycles. The molecule has 0 saturated carbocycles. The Balaban J connectivity index is 3.35.